The standard InChI is InChI=1S/C25H26F2N8O2/c1-4-20(36)17-13-28-22(31-21-8-9-35(32-21)15-11-25(26,27)12-15)10-19(17)30-18-7-5-6-16(23(18)37-3)24-29-14-34(2)33-24/h5-10,13-15H,4,11-12H2,1-3H3,(H2,28,30,31,32). The van der Waals surface area contributed by atoms with Crippen molar-refractivity contribution in [2.45, 2.75) is 38.2 Å². The monoisotopic (exact) mass is 508 g/mol. The van der Waals surface area contributed by atoms with E-state index in [4.69, 9.17) is 4.74 Å². The van der Waals surface area contributed by atoms with Crippen molar-refractivity contribution in [3.05, 3.63) is 54.6 Å². The minimum Gasteiger partial charge on any atom is -0.494 e. The first-order chi connectivity index (χ1) is 17.8. The maximum Gasteiger partial charge on any atom is 0.252 e. The second-order valence-electron chi connectivity index (χ2n) is 8.87. The lowest BCUT2D eigenvalue weighted by Gasteiger charge is -2.34. The summed E-state index contributed by atoms with van der Waals surface area (Å²) in [6, 6.07) is 8.59. The van der Waals surface area contributed by atoms with E-state index in [1.165, 1.54) is 10.9 Å². The van der Waals surface area contributed by atoms with E-state index in [2.05, 4.69) is 30.8 Å². The van der Waals surface area contributed by atoms with Crippen LogP contribution in [0.3, 0.4) is 0 Å². The van der Waals surface area contributed by atoms with Gasteiger partial charge in [-0.25, -0.2) is 18.7 Å². The number of ketones is 1. The highest BCUT2D eigenvalue weighted by Gasteiger charge is 2.46. The molecule has 3 aromatic heterocycles. The molecule has 1 aliphatic rings. The average Bonchev–Trinajstić information content (AvgIpc) is 3.51. The van der Waals surface area contributed by atoms with Crippen molar-refractivity contribution in [1.82, 2.24) is 29.5 Å². The molecule has 0 bridgehead atoms. The number of methoxy groups -OCH3 is 1. The third-order valence-corrected chi connectivity index (χ3v) is 6.16. The van der Waals surface area contributed by atoms with Crippen LogP contribution in [0.25, 0.3) is 11.4 Å². The molecule has 2 N–H and O–H groups in total. The third kappa shape index (κ3) is 4.99. The van der Waals surface area contributed by atoms with Crippen molar-refractivity contribution in [2.24, 2.45) is 7.05 Å². The molecular weight excluding hydrogens is 482 g/mol. The van der Waals surface area contributed by atoms with Gasteiger partial charge in [0, 0.05) is 50.8 Å². The number of hydrogen-bond acceptors (Lipinski definition) is 8. The molecule has 0 unspecified atom stereocenters. The maximum atomic E-state index is 13.2. The molecule has 37 heavy (non-hydrogen) atoms. The minimum atomic E-state index is -2.63. The predicted octanol–water partition coefficient (Wildman–Crippen LogP) is 5.13. The van der Waals surface area contributed by atoms with Gasteiger partial charge in [-0.1, -0.05) is 13.0 Å². The number of benzene rings is 1. The molecule has 1 fully saturated rings. The number of halogens is 2. The van der Waals surface area contributed by atoms with Crippen LogP contribution < -0.4 is 15.4 Å². The van der Waals surface area contributed by atoms with Crippen molar-refractivity contribution < 1.29 is 18.3 Å². The first kappa shape index (κ1) is 24.3. The number of aryl methyl sites for hydroxylation is 1. The highest BCUT2D eigenvalue weighted by atomic mass is 19.3. The van der Waals surface area contributed by atoms with E-state index in [1.807, 2.05) is 18.2 Å². The Labute approximate surface area is 211 Å². The van der Waals surface area contributed by atoms with Crippen LogP contribution in [0.5, 0.6) is 5.75 Å². The Hall–Kier alpha value is -4.35. The summed E-state index contributed by atoms with van der Waals surface area (Å²) in [5.41, 5.74) is 2.24. The summed E-state index contributed by atoms with van der Waals surface area (Å²) in [5.74, 6) is -0.794. The second-order valence-corrected chi connectivity index (χ2v) is 8.87. The highest BCUT2D eigenvalue weighted by molar-refractivity contribution is 6.02. The van der Waals surface area contributed by atoms with Gasteiger partial charge in [0.25, 0.3) is 5.92 Å². The van der Waals surface area contributed by atoms with Crippen LogP contribution in [0.15, 0.2) is 49.1 Å². The van der Waals surface area contributed by atoms with E-state index >= 15 is 0 Å². The fourth-order valence-electron chi connectivity index (χ4n) is 4.24. The molecule has 3 heterocycles. The number of aromatic nitrogens is 6. The van der Waals surface area contributed by atoms with Crippen molar-refractivity contribution >= 4 is 28.8 Å². The average molecular weight is 509 g/mol. The van der Waals surface area contributed by atoms with Crippen molar-refractivity contribution in [3.8, 4) is 17.1 Å². The SMILES string of the molecule is CCC(=O)c1cnc(Nc2ccn(C3CC(F)(F)C3)n2)cc1Nc1cccc(-c2ncn(C)n2)c1OC. The first-order valence-electron chi connectivity index (χ1n) is 11.8. The van der Waals surface area contributed by atoms with E-state index in [-0.39, 0.29) is 24.7 Å². The fourth-order valence-corrected chi connectivity index (χ4v) is 4.24. The van der Waals surface area contributed by atoms with E-state index in [1.54, 1.807) is 50.4 Å². The molecule has 0 radical (unpaired) electrons. The number of nitrogens with one attached hydrogen (secondary N) is 2. The zero-order valence-corrected chi connectivity index (χ0v) is 20.6. The summed E-state index contributed by atoms with van der Waals surface area (Å²) >= 11 is 0. The Bertz CT molecular complexity index is 1440. The van der Waals surface area contributed by atoms with Gasteiger partial charge in [0.05, 0.1) is 35.7 Å². The van der Waals surface area contributed by atoms with Crippen LogP contribution >= 0.6 is 0 Å². The first-order valence-corrected chi connectivity index (χ1v) is 11.8. The number of anilines is 4. The molecule has 0 atom stereocenters. The predicted molar refractivity (Wildman–Crippen MR) is 134 cm³/mol. The topological polar surface area (TPSA) is 112 Å². The van der Waals surface area contributed by atoms with Crippen molar-refractivity contribution in [2.75, 3.05) is 17.7 Å². The summed E-state index contributed by atoms with van der Waals surface area (Å²) in [6.07, 6.45) is 4.63. The Morgan fingerprint density at radius 2 is 1.95 bits per heavy atom. The number of nitrogens with zero attached hydrogens (tertiary/aromatic N) is 6. The minimum absolute atomic E-state index is 0.0850. The third-order valence-electron chi connectivity index (χ3n) is 6.16. The summed E-state index contributed by atoms with van der Waals surface area (Å²) in [6.45, 7) is 1.78. The molecule has 1 aliphatic carbocycles. The van der Waals surface area contributed by atoms with Crippen molar-refractivity contribution in [3.63, 3.8) is 0 Å². The second kappa shape index (κ2) is 9.60. The van der Waals surface area contributed by atoms with E-state index in [9.17, 15) is 13.6 Å². The number of rotatable bonds is 9. The van der Waals surface area contributed by atoms with Gasteiger partial charge >= 0.3 is 0 Å². The van der Waals surface area contributed by atoms with Gasteiger partial charge in [-0.15, -0.1) is 0 Å². The van der Waals surface area contributed by atoms with Gasteiger partial charge in [-0.05, 0) is 12.1 Å². The molecule has 0 saturated heterocycles. The van der Waals surface area contributed by atoms with Gasteiger partial charge in [0.1, 0.15) is 12.1 Å². The summed E-state index contributed by atoms with van der Waals surface area (Å²) in [7, 11) is 3.34. The van der Waals surface area contributed by atoms with Crippen LogP contribution in [0.2, 0.25) is 0 Å². The molecule has 0 aliphatic heterocycles. The summed E-state index contributed by atoms with van der Waals surface area (Å²) in [4.78, 5) is 21.4. The normalized spacial score (nSPS) is 14.7. The maximum absolute atomic E-state index is 13.2. The van der Waals surface area contributed by atoms with E-state index in [0.29, 0.717) is 52.1 Å². The molecular formula is C25H26F2N8O2. The fraction of sp³-hybridized carbons (Fsp3) is 0.320. The molecule has 0 amide bonds. The molecule has 1 aromatic carbocycles. The molecule has 192 valence electrons. The Morgan fingerprint density at radius 3 is 2.62 bits per heavy atom. The van der Waals surface area contributed by atoms with Crippen LogP contribution in [0.4, 0.5) is 31.8 Å². The Kier molecular flexibility index (Phi) is 6.32. The smallest absolute Gasteiger partial charge is 0.252 e. The lowest BCUT2D eigenvalue weighted by Crippen LogP contribution is -2.37. The van der Waals surface area contributed by atoms with Gasteiger partial charge in [-0.2, -0.15) is 10.2 Å². The highest BCUT2D eigenvalue weighted by Crippen LogP contribution is 2.45. The number of carbonyl (C=O) groups excluding carboxylic acids is 1. The van der Waals surface area contributed by atoms with E-state index in [0.717, 1.165) is 0 Å². The number of hydrogen-bond donors (Lipinski definition) is 2. The number of para-hydroxylation sites is 1. The summed E-state index contributed by atoms with van der Waals surface area (Å²) in [5, 5.41) is 15.1. The van der Waals surface area contributed by atoms with Gasteiger partial charge in [0.15, 0.2) is 23.2 Å². The lowest BCUT2D eigenvalue weighted by atomic mass is 9.88. The molecule has 0 spiro atoms. The van der Waals surface area contributed by atoms with Crippen LogP contribution in [0, 0.1) is 0 Å². The molecule has 12 heteroatoms. The van der Waals surface area contributed by atoms with Crippen LogP contribution in [0.1, 0.15) is 42.6 Å². The number of alkyl halides is 2. The number of pyridine rings is 1. The summed E-state index contributed by atoms with van der Waals surface area (Å²) < 4.78 is 35.3. The van der Waals surface area contributed by atoms with Gasteiger partial charge < -0.3 is 15.4 Å². The molecule has 4 aromatic rings. The van der Waals surface area contributed by atoms with Crippen molar-refractivity contribution in [1.29, 1.82) is 0 Å². The Balaban J connectivity index is 1.44. The number of Topliss-reactive ketones (excluding diaryl/α,β-unsaturated/α-hetero) is 1. The molecule has 1 saturated carbocycles. The lowest BCUT2D eigenvalue weighted by molar-refractivity contribution is -0.106. The largest absolute Gasteiger partial charge is 0.494 e. The van der Waals surface area contributed by atoms with Crippen LogP contribution in [-0.2, 0) is 7.05 Å². The quantitative estimate of drug-likeness (QED) is 0.299. The molecule has 5 rings (SSSR count). The zero-order chi connectivity index (χ0) is 26.2. The van der Waals surface area contributed by atoms with E-state index < -0.39 is 5.92 Å². The zero-order valence-electron chi connectivity index (χ0n) is 20.6. The number of carbonyl (C=O) groups is 1. The Morgan fingerprint density at radius 1 is 1.14 bits per heavy atom. The van der Waals surface area contributed by atoms with Gasteiger partial charge in [0.2, 0.25) is 0 Å². The van der Waals surface area contributed by atoms with Crippen LogP contribution in [-0.4, -0.2) is 48.3 Å². The van der Waals surface area contributed by atoms with Gasteiger partial charge in [-0.3, -0.25) is 14.2 Å². The molecule has 10 nitrogen and oxygen atoms in total. The number of ether oxygens (including phenoxy) is 1.